The van der Waals surface area contributed by atoms with Crippen molar-refractivity contribution < 1.29 is 4.74 Å². The van der Waals surface area contributed by atoms with Crippen LogP contribution in [-0.2, 0) is 0 Å². The molecule has 0 amide bonds. The molecule has 1 aromatic rings. The number of benzene rings is 1. The first-order valence-corrected chi connectivity index (χ1v) is 9.88. The number of ether oxygens (including phenoxy) is 1. The minimum atomic E-state index is 0.405. The van der Waals surface area contributed by atoms with Crippen LogP contribution < -0.4 is 4.74 Å². The summed E-state index contributed by atoms with van der Waals surface area (Å²) in [5.74, 6) is 4.12. The van der Waals surface area contributed by atoms with Crippen molar-refractivity contribution >= 4 is 23.4 Å². The Labute approximate surface area is 154 Å². The van der Waals surface area contributed by atoms with Crippen LogP contribution in [0.5, 0.6) is 5.75 Å². The van der Waals surface area contributed by atoms with Crippen LogP contribution in [0.4, 0.5) is 0 Å². The van der Waals surface area contributed by atoms with Crippen LogP contribution in [0.25, 0.3) is 5.57 Å². The van der Waals surface area contributed by atoms with E-state index in [1.54, 1.807) is 11.9 Å². The zero-order valence-corrected chi connectivity index (χ0v) is 15.7. The van der Waals surface area contributed by atoms with Crippen molar-refractivity contribution in [2.24, 2.45) is 9.81 Å². The molecule has 0 radical (unpaired) electrons. The quantitative estimate of drug-likeness (QED) is 0.678. The van der Waals surface area contributed by atoms with Crippen molar-refractivity contribution in [3.05, 3.63) is 60.0 Å². The van der Waals surface area contributed by atoms with Gasteiger partial charge in [-0.15, -0.1) is 0 Å². The molecule has 0 bridgehead atoms. The average Bonchev–Trinajstić information content (AvgIpc) is 2.64. The maximum Gasteiger partial charge on any atom is 0.148 e. The topological polar surface area (TPSA) is 24.8 Å². The van der Waals surface area contributed by atoms with Gasteiger partial charge in [0.2, 0.25) is 0 Å². The molecule has 0 N–H and O–H groups in total. The lowest BCUT2D eigenvalue weighted by Crippen LogP contribution is -2.32. The molecular weight excluding hydrogens is 328 g/mol. The number of allylic oxidation sites excluding steroid dienone is 4. The van der Waals surface area contributed by atoms with Crippen LogP contribution in [-0.4, -0.2) is 23.0 Å². The van der Waals surface area contributed by atoms with Gasteiger partial charge in [0.1, 0.15) is 17.3 Å². The minimum absolute atomic E-state index is 0.405. The van der Waals surface area contributed by atoms with Crippen LogP contribution in [0.2, 0.25) is 0 Å². The molecule has 4 heteroatoms. The predicted octanol–water partition coefficient (Wildman–Crippen LogP) is 5.43. The maximum atomic E-state index is 6.08. The molecule has 25 heavy (non-hydrogen) atoms. The number of hydrogen-bond acceptors (Lipinski definition) is 4. The molecule has 2 aliphatic heterocycles. The monoisotopic (exact) mass is 352 g/mol. The molecular formula is C21H24N2OS. The first kappa shape index (κ1) is 16.5. The summed E-state index contributed by atoms with van der Waals surface area (Å²) >= 11 is 1.64. The fourth-order valence-electron chi connectivity index (χ4n) is 3.30. The van der Waals surface area contributed by atoms with Gasteiger partial charge in [0.05, 0.1) is 0 Å². The lowest BCUT2D eigenvalue weighted by molar-refractivity contribution is 0.278. The summed E-state index contributed by atoms with van der Waals surface area (Å²) in [7, 11) is 0. The van der Waals surface area contributed by atoms with Gasteiger partial charge in [-0.3, -0.25) is 0 Å². The van der Waals surface area contributed by atoms with Crippen LogP contribution in [0, 0.1) is 5.41 Å². The highest BCUT2D eigenvalue weighted by Gasteiger charge is 2.23. The van der Waals surface area contributed by atoms with Crippen molar-refractivity contribution in [3.8, 4) is 5.75 Å². The average molecular weight is 353 g/mol. The van der Waals surface area contributed by atoms with Gasteiger partial charge in [0.25, 0.3) is 0 Å². The van der Waals surface area contributed by atoms with Crippen molar-refractivity contribution in [1.82, 2.24) is 4.90 Å². The number of fused-ring (bicyclic) bond motifs is 1. The number of hydrogen-bond donors (Lipinski definition) is 0. The molecule has 1 aliphatic carbocycles. The normalized spacial score (nSPS) is 21.8. The Balaban J connectivity index is 1.49. The summed E-state index contributed by atoms with van der Waals surface area (Å²) in [6, 6.07) is 8.40. The first-order valence-electron chi connectivity index (χ1n) is 8.94. The zero-order chi connectivity index (χ0) is 17.3. The van der Waals surface area contributed by atoms with Gasteiger partial charge in [-0.1, -0.05) is 26.0 Å². The molecule has 0 saturated heterocycles. The highest BCUT2D eigenvalue weighted by atomic mass is 32.2. The van der Waals surface area contributed by atoms with E-state index in [0.29, 0.717) is 5.41 Å². The summed E-state index contributed by atoms with van der Waals surface area (Å²) < 4.78 is 10.7. The second kappa shape index (κ2) is 6.75. The van der Waals surface area contributed by atoms with Gasteiger partial charge in [0.15, 0.2) is 0 Å². The third-order valence-electron chi connectivity index (χ3n) is 4.96. The lowest BCUT2D eigenvalue weighted by atomic mass is 9.80. The van der Waals surface area contributed by atoms with Gasteiger partial charge in [0, 0.05) is 30.5 Å². The molecule has 0 spiro atoms. The summed E-state index contributed by atoms with van der Waals surface area (Å²) in [4.78, 5) is 2.23. The second-order valence-electron chi connectivity index (χ2n) is 7.53. The van der Waals surface area contributed by atoms with Crippen molar-refractivity contribution in [2.45, 2.75) is 33.1 Å². The van der Waals surface area contributed by atoms with Crippen LogP contribution >= 0.6 is 11.9 Å². The standard InChI is InChI=1S/C21H24N2OS/c1-21(2)11-9-18(10-12-21)24-17-7-5-16(6-8-17)19-4-3-13-23-14-15-25-22-20(19)23/h3-9,13H,10-12,14-15H2,1-2H3. The molecule has 4 rings (SSSR count). The minimum Gasteiger partial charge on any atom is -0.462 e. The highest BCUT2D eigenvalue weighted by Crippen LogP contribution is 2.35. The van der Waals surface area contributed by atoms with Gasteiger partial charge < -0.3 is 9.64 Å². The third-order valence-corrected chi connectivity index (χ3v) is 5.63. The van der Waals surface area contributed by atoms with E-state index < -0.39 is 0 Å². The molecule has 3 nitrogen and oxygen atoms in total. The van der Waals surface area contributed by atoms with E-state index in [1.807, 2.05) is 0 Å². The van der Waals surface area contributed by atoms with Crippen LogP contribution in [0.15, 0.2) is 58.9 Å². The van der Waals surface area contributed by atoms with E-state index in [9.17, 15) is 0 Å². The second-order valence-corrected chi connectivity index (χ2v) is 8.38. The van der Waals surface area contributed by atoms with Crippen molar-refractivity contribution in [1.29, 1.82) is 0 Å². The summed E-state index contributed by atoms with van der Waals surface area (Å²) in [6.07, 6.45) is 11.9. The fraction of sp³-hybridized carbons (Fsp3) is 0.381. The smallest absolute Gasteiger partial charge is 0.148 e. The van der Waals surface area contributed by atoms with E-state index in [0.717, 1.165) is 42.5 Å². The molecule has 0 fully saturated rings. The maximum absolute atomic E-state index is 6.08. The molecule has 0 atom stereocenters. The largest absolute Gasteiger partial charge is 0.462 e. The van der Waals surface area contributed by atoms with E-state index >= 15 is 0 Å². The third kappa shape index (κ3) is 3.69. The van der Waals surface area contributed by atoms with E-state index in [4.69, 9.17) is 4.74 Å². The molecule has 3 aliphatic rings. The Bertz CT molecular complexity index is 772. The molecule has 0 saturated carbocycles. The Morgan fingerprint density at radius 1 is 1.20 bits per heavy atom. The van der Waals surface area contributed by atoms with Gasteiger partial charge in [-0.25, -0.2) is 0 Å². The highest BCUT2D eigenvalue weighted by molar-refractivity contribution is 7.98. The zero-order valence-electron chi connectivity index (χ0n) is 14.9. The van der Waals surface area contributed by atoms with Crippen LogP contribution in [0.1, 0.15) is 38.7 Å². The first-order chi connectivity index (χ1) is 12.1. The molecule has 1 aromatic carbocycles. The van der Waals surface area contributed by atoms with Gasteiger partial charge >= 0.3 is 0 Å². The summed E-state index contributed by atoms with van der Waals surface area (Å²) in [5, 5.41) is 0. The number of amidine groups is 1. The molecule has 2 heterocycles. The Hall–Kier alpha value is -1.94. The molecule has 0 unspecified atom stereocenters. The van der Waals surface area contributed by atoms with E-state index in [1.165, 1.54) is 17.6 Å². The lowest BCUT2D eigenvalue weighted by Gasteiger charge is -2.29. The molecule has 0 aromatic heterocycles. The number of rotatable bonds is 3. The Morgan fingerprint density at radius 3 is 2.80 bits per heavy atom. The van der Waals surface area contributed by atoms with E-state index in [2.05, 4.69) is 71.8 Å². The fourth-order valence-corrected chi connectivity index (χ4v) is 3.99. The molecule has 130 valence electrons. The Morgan fingerprint density at radius 2 is 2.04 bits per heavy atom. The summed E-state index contributed by atoms with van der Waals surface area (Å²) in [5.41, 5.74) is 2.77. The van der Waals surface area contributed by atoms with E-state index in [-0.39, 0.29) is 0 Å². The van der Waals surface area contributed by atoms with Crippen molar-refractivity contribution in [2.75, 3.05) is 12.3 Å². The van der Waals surface area contributed by atoms with Crippen molar-refractivity contribution in [3.63, 3.8) is 0 Å². The number of nitrogens with zero attached hydrogens (tertiary/aromatic N) is 2. The SMILES string of the molecule is CC1(C)CC=C(Oc2ccc(C3=CC=CN4CCSN=C34)cc2)CC1. The summed E-state index contributed by atoms with van der Waals surface area (Å²) in [6.45, 7) is 5.65. The van der Waals surface area contributed by atoms with Gasteiger partial charge in [-0.2, -0.15) is 4.40 Å². The Kier molecular flexibility index (Phi) is 4.46. The van der Waals surface area contributed by atoms with Gasteiger partial charge in [-0.05, 0) is 66.1 Å². The van der Waals surface area contributed by atoms with Crippen LogP contribution in [0.3, 0.4) is 0 Å². The predicted molar refractivity (Wildman–Crippen MR) is 107 cm³/mol.